The highest BCUT2D eigenvalue weighted by atomic mass is 35.5. The van der Waals surface area contributed by atoms with Gasteiger partial charge in [-0.2, -0.15) is 0 Å². The van der Waals surface area contributed by atoms with E-state index in [1.807, 2.05) is 31.2 Å². The molecule has 3 rings (SSSR count). The minimum Gasteiger partial charge on any atom is -0.494 e. The van der Waals surface area contributed by atoms with E-state index in [9.17, 15) is 9.18 Å². The van der Waals surface area contributed by atoms with Crippen LogP contribution in [0.5, 0.6) is 5.75 Å². The molecule has 1 amide bonds. The molecule has 1 heterocycles. The first kappa shape index (κ1) is 18.9. The highest BCUT2D eigenvalue weighted by Gasteiger charge is 2.10. The van der Waals surface area contributed by atoms with Crippen molar-refractivity contribution in [1.29, 1.82) is 0 Å². The van der Waals surface area contributed by atoms with Crippen LogP contribution < -0.4 is 10.1 Å². The normalized spacial score (nSPS) is 10.6. The highest BCUT2D eigenvalue weighted by molar-refractivity contribution is 6.31. The van der Waals surface area contributed by atoms with Gasteiger partial charge >= 0.3 is 0 Å². The summed E-state index contributed by atoms with van der Waals surface area (Å²) in [5.41, 5.74) is 1.32. The fourth-order valence-electron chi connectivity index (χ4n) is 2.46. The zero-order chi connectivity index (χ0) is 19.2. The van der Waals surface area contributed by atoms with Gasteiger partial charge in [-0.25, -0.2) is 9.37 Å². The Morgan fingerprint density at radius 3 is 2.74 bits per heavy atom. The third kappa shape index (κ3) is 5.08. The zero-order valence-corrected chi connectivity index (χ0v) is 15.4. The van der Waals surface area contributed by atoms with Crippen LogP contribution in [0, 0.1) is 5.82 Å². The van der Waals surface area contributed by atoms with Gasteiger partial charge in [-0.3, -0.25) is 4.79 Å². The summed E-state index contributed by atoms with van der Waals surface area (Å²) >= 11 is 5.70. The van der Waals surface area contributed by atoms with Gasteiger partial charge in [-0.15, -0.1) is 0 Å². The number of amides is 1. The number of halogens is 2. The van der Waals surface area contributed by atoms with Crippen LogP contribution >= 0.6 is 11.6 Å². The maximum Gasteiger partial charge on any atom is 0.224 e. The number of rotatable bonds is 7. The number of carbonyl (C=O) groups excluding carboxylic acids is 1. The lowest BCUT2D eigenvalue weighted by atomic mass is 10.2. The molecule has 0 saturated heterocycles. The summed E-state index contributed by atoms with van der Waals surface area (Å²) in [7, 11) is 0. The smallest absolute Gasteiger partial charge is 0.224 e. The summed E-state index contributed by atoms with van der Waals surface area (Å²) in [4.78, 5) is 16.2. The molecule has 0 aliphatic carbocycles. The van der Waals surface area contributed by atoms with Crippen LogP contribution in [-0.2, 0) is 11.2 Å². The van der Waals surface area contributed by atoms with Gasteiger partial charge in [0.15, 0.2) is 11.7 Å². The van der Waals surface area contributed by atoms with Crippen LogP contribution in [0.1, 0.15) is 19.2 Å². The molecule has 0 fully saturated rings. The molecule has 0 saturated carbocycles. The van der Waals surface area contributed by atoms with Crippen LogP contribution in [-0.4, -0.2) is 17.5 Å². The molecule has 0 radical (unpaired) electrons. The lowest BCUT2D eigenvalue weighted by molar-refractivity contribution is -0.116. The molecule has 7 heteroatoms. The van der Waals surface area contributed by atoms with Gasteiger partial charge in [0.2, 0.25) is 5.91 Å². The second kappa shape index (κ2) is 8.68. The molecule has 0 spiro atoms. The van der Waals surface area contributed by atoms with E-state index in [1.165, 1.54) is 18.2 Å². The summed E-state index contributed by atoms with van der Waals surface area (Å²) in [6.45, 7) is 2.54. The van der Waals surface area contributed by atoms with E-state index in [0.29, 0.717) is 30.4 Å². The first-order chi connectivity index (χ1) is 13.0. The van der Waals surface area contributed by atoms with E-state index in [2.05, 4.69) is 10.3 Å². The molecule has 0 unspecified atom stereocenters. The molecule has 1 aromatic heterocycles. The number of oxazole rings is 1. The molecule has 0 atom stereocenters. The Labute approximate surface area is 161 Å². The molecular formula is C20H18ClFN2O3. The second-order valence-electron chi connectivity index (χ2n) is 5.75. The second-order valence-corrected chi connectivity index (χ2v) is 6.16. The quantitative estimate of drug-likeness (QED) is 0.611. The SMILES string of the molecule is CCOc1ccc(-c2cnc(CCC(=O)Nc3ccc(F)c(Cl)c3)o2)cc1. The molecule has 0 bridgehead atoms. The molecule has 2 aromatic carbocycles. The van der Waals surface area contributed by atoms with Crippen molar-refractivity contribution in [2.24, 2.45) is 0 Å². The van der Waals surface area contributed by atoms with Crippen molar-refractivity contribution < 1.29 is 18.3 Å². The number of aromatic nitrogens is 1. The van der Waals surface area contributed by atoms with Crippen molar-refractivity contribution in [2.75, 3.05) is 11.9 Å². The van der Waals surface area contributed by atoms with Gasteiger partial charge in [0.1, 0.15) is 11.6 Å². The van der Waals surface area contributed by atoms with E-state index >= 15 is 0 Å². The highest BCUT2D eigenvalue weighted by Crippen LogP contribution is 2.24. The Kier molecular flexibility index (Phi) is 6.08. The minimum absolute atomic E-state index is 0.0412. The maximum absolute atomic E-state index is 13.1. The number of ether oxygens (including phenoxy) is 1. The van der Waals surface area contributed by atoms with Gasteiger partial charge in [0.05, 0.1) is 17.8 Å². The average Bonchev–Trinajstić information content (AvgIpc) is 3.13. The van der Waals surface area contributed by atoms with Gasteiger partial charge in [0.25, 0.3) is 0 Å². The molecule has 27 heavy (non-hydrogen) atoms. The molecule has 1 N–H and O–H groups in total. The Morgan fingerprint density at radius 1 is 1.26 bits per heavy atom. The summed E-state index contributed by atoms with van der Waals surface area (Å²) in [6.07, 6.45) is 2.15. The van der Waals surface area contributed by atoms with Crippen molar-refractivity contribution in [3.63, 3.8) is 0 Å². The fraction of sp³-hybridized carbons (Fsp3) is 0.200. The van der Waals surface area contributed by atoms with Crippen molar-refractivity contribution in [1.82, 2.24) is 4.98 Å². The number of aryl methyl sites for hydroxylation is 1. The summed E-state index contributed by atoms with van der Waals surface area (Å²) in [6, 6.07) is 11.5. The molecule has 5 nitrogen and oxygen atoms in total. The number of anilines is 1. The maximum atomic E-state index is 13.1. The summed E-state index contributed by atoms with van der Waals surface area (Å²) in [5.74, 6) is 1.11. The predicted octanol–water partition coefficient (Wildman–Crippen LogP) is 5.10. The Morgan fingerprint density at radius 2 is 2.04 bits per heavy atom. The number of nitrogens with one attached hydrogen (secondary N) is 1. The fourth-order valence-corrected chi connectivity index (χ4v) is 2.64. The number of nitrogens with zero attached hydrogens (tertiary/aromatic N) is 1. The zero-order valence-electron chi connectivity index (χ0n) is 14.7. The number of hydrogen-bond acceptors (Lipinski definition) is 4. The lowest BCUT2D eigenvalue weighted by Crippen LogP contribution is -2.12. The number of hydrogen-bond donors (Lipinski definition) is 1. The predicted molar refractivity (Wildman–Crippen MR) is 101 cm³/mol. The third-order valence-corrected chi connectivity index (χ3v) is 4.06. The summed E-state index contributed by atoms with van der Waals surface area (Å²) in [5, 5.41) is 2.62. The van der Waals surface area contributed by atoms with Gasteiger partial charge in [-0.1, -0.05) is 11.6 Å². The van der Waals surface area contributed by atoms with E-state index in [1.54, 1.807) is 6.20 Å². The van der Waals surface area contributed by atoms with Gasteiger partial charge in [0, 0.05) is 24.1 Å². The van der Waals surface area contributed by atoms with Crippen LogP contribution in [0.4, 0.5) is 10.1 Å². The molecule has 0 aliphatic heterocycles. The largest absolute Gasteiger partial charge is 0.494 e. The van der Waals surface area contributed by atoms with E-state index in [4.69, 9.17) is 20.8 Å². The first-order valence-electron chi connectivity index (χ1n) is 8.48. The Hall–Kier alpha value is -2.86. The van der Waals surface area contributed by atoms with Crippen LogP contribution in [0.2, 0.25) is 5.02 Å². The first-order valence-corrected chi connectivity index (χ1v) is 8.86. The number of benzene rings is 2. The van der Waals surface area contributed by atoms with Gasteiger partial charge < -0.3 is 14.5 Å². The molecular weight excluding hydrogens is 371 g/mol. The molecule has 140 valence electrons. The minimum atomic E-state index is -0.531. The van der Waals surface area contributed by atoms with E-state index in [-0.39, 0.29) is 17.4 Å². The van der Waals surface area contributed by atoms with Crippen molar-refractivity contribution in [3.8, 4) is 17.1 Å². The van der Waals surface area contributed by atoms with E-state index < -0.39 is 5.82 Å². The Bertz CT molecular complexity index is 925. The number of carbonyl (C=O) groups is 1. The van der Waals surface area contributed by atoms with Crippen molar-refractivity contribution in [3.05, 3.63) is 65.4 Å². The Balaban J connectivity index is 1.55. The average molecular weight is 389 g/mol. The van der Waals surface area contributed by atoms with Crippen LogP contribution in [0.25, 0.3) is 11.3 Å². The van der Waals surface area contributed by atoms with Crippen LogP contribution in [0.3, 0.4) is 0 Å². The standard InChI is InChI=1S/C20H18ClFN2O3/c1-2-26-15-6-3-13(4-7-15)18-12-23-20(27-18)10-9-19(25)24-14-5-8-17(22)16(21)11-14/h3-8,11-12H,2,9-10H2,1H3,(H,24,25). The van der Waals surface area contributed by atoms with Gasteiger partial charge in [-0.05, 0) is 49.4 Å². The monoisotopic (exact) mass is 388 g/mol. The lowest BCUT2D eigenvalue weighted by Gasteiger charge is -2.05. The van der Waals surface area contributed by atoms with Crippen molar-refractivity contribution >= 4 is 23.2 Å². The topological polar surface area (TPSA) is 64.4 Å². The summed E-state index contributed by atoms with van der Waals surface area (Å²) < 4.78 is 24.2. The third-order valence-electron chi connectivity index (χ3n) is 3.77. The molecule has 0 aliphatic rings. The molecule has 3 aromatic rings. The van der Waals surface area contributed by atoms with E-state index in [0.717, 1.165) is 11.3 Å². The van der Waals surface area contributed by atoms with Crippen LogP contribution in [0.15, 0.2) is 53.1 Å². The van der Waals surface area contributed by atoms with Crippen molar-refractivity contribution in [2.45, 2.75) is 19.8 Å².